The minimum absolute atomic E-state index is 0.0642. The third-order valence-corrected chi connectivity index (χ3v) is 3.64. The molecule has 1 amide bonds. The molecule has 1 aromatic rings. The zero-order chi connectivity index (χ0) is 10.1. The standard InChI is InChI=1S/C9H8BrNO2S/c10-7-1-3-8(4-2-7)11-6-14(13)5-9(11)12/h1-4H,5-6H2/t14-/m1/s1. The maximum absolute atomic E-state index is 11.4. The van der Waals surface area contributed by atoms with Gasteiger partial charge in [0.2, 0.25) is 5.91 Å². The normalized spacial score (nSPS) is 21.6. The fourth-order valence-electron chi connectivity index (χ4n) is 1.32. The molecule has 1 aromatic carbocycles. The van der Waals surface area contributed by atoms with Crippen LogP contribution in [0.4, 0.5) is 5.69 Å². The van der Waals surface area contributed by atoms with E-state index < -0.39 is 10.8 Å². The zero-order valence-electron chi connectivity index (χ0n) is 7.27. The molecule has 1 aliphatic heterocycles. The van der Waals surface area contributed by atoms with Crippen LogP contribution in [0.3, 0.4) is 0 Å². The van der Waals surface area contributed by atoms with E-state index in [0.29, 0.717) is 5.88 Å². The van der Waals surface area contributed by atoms with Gasteiger partial charge >= 0.3 is 0 Å². The Hall–Kier alpha value is -0.680. The van der Waals surface area contributed by atoms with Gasteiger partial charge in [0.1, 0.15) is 11.6 Å². The molecule has 0 saturated carbocycles. The molecule has 1 atom stereocenters. The van der Waals surface area contributed by atoms with E-state index >= 15 is 0 Å². The third kappa shape index (κ3) is 1.88. The quantitative estimate of drug-likeness (QED) is 0.778. The number of benzene rings is 1. The van der Waals surface area contributed by atoms with E-state index in [0.717, 1.165) is 10.2 Å². The molecule has 0 aromatic heterocycles. The second-order valence-corrected chi connectivity index (χ2v) is 5.35. The lowest BCUT2D eigenvalue weighted by Gasteiger charge is -2.13. The lowest BCUT2D eigenvalue weighted by molar-refractivity contribution is -0.115. The fourth-order valence-corrected chi connectivity index (χ4v) is 2.68. The molecular formula is C9H8BrNO2S. The Labute approximate surface area is 92.7 Å². The molecular weight excluding hydrogens is 266 g/mol. The predicted molar refractivity (Wildman–Crippen MR) is 59.5 cm³/mol. The van der Waals surface area contributed by atoms with Crippen molar-refractivity contribution in [3.63, 3.8) is 0 Å². The number of halogens is 1. The van der Waals surface area contributed by atoms with Crippen LogP contribution in [0.5, 0.6) is 0 Å². The summed E-state index contributed by atoms with van der Waals surface area (Å²) in [5, 5.41) is 0. The van der Waals surface area contributed by atoms with Gasteiger partial charge in [-0.3, -0.25) is 13.9 Å². The second kappa shape index (κ2) is 3.82. The van der Waals surface area contributed by atoms with Crippen molar-refractivity contribution < 1.29 is 9.00 Å². The SMILES string of the molecule is O=C1C[S@@](=O)CN1c1ccc(Br)cc1. The second-order valence-electron chi connectivity index (χ2n) is 3.01. The van der Waals surface area contributed by atoms with Crippen molar-refractivity contribution in [1.82, 2.24) is 0 Å². The molecule has 1 fully saturated rings. The van der Waals surface area contributed by atoms with Crippen molar-refractivity contribution in [2.75, 3.05) is 16.5 Å². The van der Waals surface area contributed by atoms with Gasteiger partial charge in [-0.25, -0.2) is 0 Å². The van der Waals surface area contributed by atoms with Crippen LogP contribution in [-0.2, 0) is 15.6 Å². The molecule has 74 valence electrons. The minimum atomic E-state index is -1.02. The average Bonchev–Trinajstić information content (AvgIpc) is 2.47. The van der Waals surface area contributed by atoms with Crippen molar-refractivity contribution in [1.29, 1.82) is 0 Å². The first-order chi connectivity index (χ1) is 6.66. The fraction of sp³-hybridized carbons (Fsp3) is 0.222. The number of anilines is 1. The maximum Gasteiger partial charge on any atom is 0.240 e. The van der Waals surface area contributed by atoms with Crippen molar-refractivity contribution in [3.05, 3.63) is 28.7 Å². The molecule has 0 radical (unpaired) electrons. The number of hydrogen-bond acceptors (Lipinski definition) is 2. The van der Waals surface area contributed by atoms with Gasteiger partial charge in [0, 0.05) is 10.2 Å². The van der Waals surface area contributed by atoms with Crippen LogP contribution >= 0.6 is 15.9 Å². The van der Waals surface area contributed by atoms with Crippen molar-refractivity contribution >= 4 is 38.3 Å². The number of carbonyl (C=O) groups excluding carboxylic acids is 1. The van der Waals surface area contributed by atoms with Gasteiger partial charge < -0.3 is 0 Å². The first-order valence-electron chi connectivity index (χ1n) is 4.08. The van der Waals surface area contributed by atoms with Gasteiger partial charge in [-0.2, -0.15) is 0 Å². The van der Waals surface area contributed by atoms with Gasteiger partial charge in [-0.05, 0) is 24.3 Å². The van der Waals surface area contributed by atoms with E-state index in [1.165, 1.54) is 0 Å². The van der Waals surface area contributed by atoms with Crippen LogP contribution in [0.2, 0.25) is 0 Å². The molecule has 1 aliphatic rings. The van der Waals surface area contributed by atoms with Crippen LogP contribution in [0.25, 0.3) is 0 Å². The number of amides is 1. The highest BCUT2D eigenvalue weighted by molar-refractivity contribution is 9.10. The van der Waals surface area contributed by atoms with E-state index in [2.05, 4.69) is 15.9 Å². The summed E-state index contributed by atoms with van der Waals surface area (Å²) >= 11 is 3.32. The molecule has 1 saturated heterocycles. The Balaban J connectivity index is 2.27. The highest BCUT2D eigenvalue weighted by atomic mass is 79.9. The Morgan fingerprint density at radius 3 is 2.43 bits per heavy atom. The summed E-state index contributed by atoms with van der Waals surface area (Å²) in [5.41, 5.74) is 0.809. The van der Waals surface area contributed by atoms with Crippen molar-refractivity contribution in [2.24, 2.45) is 0 Å². The monoisotopic (exact) mass is 273 g/mol. The summed E-state index contributed by atoms with van der Waals surface area (Å²) in [6.07, 6.45) is 0. The van der Waals surface area contributed by atoms with Gasteiger partial charge in [0.05, 0.1) is 10.8 Å². The summed E-state index contributed by atoms with van der Waals surface area (Å²) in [4.78, 5) is 12.9. The molecule has 0 N–H and O–H groups in total. The maximum atomic E-state index is 11.4. The number of nitrogens with zero attached hydrogens (tertiary/aromatic N) is 1. The molecule has 5 heteroatoms. The van der Waals surface area contributed by atoms with E-state index in [-0.39, 0.29) is 11.7 Å². The van der Waals surface area contributed by atoms with E-state index in [1.807, 2.05) is 24.3 Å². The summed E-state index contributed by atoms with van der Waals surface area (Å²) in [5.74, 6) is 0.405. The molecule has 0 aliphatic carbocycles. The molecule has 0 unspecified atom stereocenters. The first kappa shape index (κ1) is 9.86. The molecule has 14 heavy (non-hydrogen) atoms. The first-order valence-corrected chi connectivity index (χ1v) is 6.36. The molecule has 2 rings (SSSR count). The summed E-state index contributed by atoms with van der Waals surface area (Å²) in [6, 6.07) is 7.41. The van der Waals surface area contributed by atoms with Crippen LogP contribution in [0.1, 0.15) is 0 Å². The van der Waals surface area contributed by atoms with Gasteiger partial charge in [0.15, 0.2) is 0 Å². The van der Waals surface area contributed by atoms with Gasteiger partial charge in [0.25, 0.3) is 0 Å². The van der Waals surface area contributed by atoms with E-state index in [9.17, 15) is 9.00 Å². The van der Waals surface area contributed by atoms with Gasteiger partial charge in [-0.1, -0.05) is 15.9 Å². The summed E-state index contributed by atoms with van der Waals surface area (Å²) in [6.45, 7) is 0. The van der Waals surface area contributed by atoms with Crippen LogP contribution in [0.15, 0.2) is 28.7 Å². The zero-order valence-corrected chi connectivity index (χ0v) is 9.68. The topological polar surface area (TPSA) is 37.4 Å². The van der Waals surface area contributed by atoms with Crippen molar-refractivity contribution in [3.8, 4) is 0 Å². The Morgan fingerprint density at radius 1 is 1.29 bits per heavy atom. The third-order valence-electron chi connectivity index (χ3n) is 2.00. The highest BCUT2D eigenvalue weighted by Gasteiger charge is 2.27. The largest absolute Gasteiger partial charge is 0.299 e. The average molecular weight is 274 g/mol. The van der Waals surface area contributed by atoms with E-state index in [1.54, 1.807) is 4.90 Å². The lowest BCUT2D eigenvalue weighted by atomic mass is 10.3. The van der Waals surface area contributed by atoms with Crippen LogP contribution in [-0.4, -0.2) is 21.7 Å². The van der Waals surface area contributed by atoms with Crippen LogP contribution in [0, 0.1) is 0 Å². The Kier molecular flexibility index (Phi) is 2.69. The Morgan fingerprint density at radius 2 is 1.93 bits per heavy atom. The summed E-state index contributed by atoms with van der Waals surface area (Å²) in [7, 11) is -1.02. The molecule has 3 nitrogen and oxygen atoms in total. The molecule has 0 bridgehead atoms. The smallest absolute Gasteiger partial charge is 0.240 e. The summed E-state index contributed by atoms with van der Waals surface area (Å²) < 4.78 is 12.1. The van der Waals surface area contributed by atoms with Crippen LogP contribution < -0.4 is 4.90 Å². The van der Waals surface area contributed by atoms with E-state index in [4.69, 9.17) is 0 Å². The van der Waals surface area contributed by atoms with Gasteiger partial charge in [-0.15, -0.1) is 0 Å². The number of rotatable bonds is 1. The van der Waals surface area contributed by atoms with Crippen molar-refractivity contribution in [2.45, 2.75) is 0 Å². The number of hydrogen-bond donors (Lipinski definition) is 0. The molecule has 0 spiro atoms. The number of carbonyl (C=O) groups is 1. The minimum Gasteiger partial charge on any atom is -0.299 e. The Bertz CT molecular complexity index is 390. The lowest BCUT2D eigenvalue weighted by Crippen LogP contribution is -2.24. The molecule has 1 heterocycles. The predicted octanol–water partition coefficient (Wildman–Crippen LogP) is 1.50. The highest BCUT2D eigenvalue weighted by Crippen LogP contribution is 2.21.